The summed E-state index contributed by atoms with van der Waals surface area (Å²) in [7, 11) is 0. The number of aromatic nitrogens is 1. The van der Waals surface area contributed by atoms with Gasteiger partial charge in [-0.15, -0.1) is 0 Å². The Morgan fingerprint density at radius 2 is 1.63 bits per heavy atom. The maximum absolute atomic E-state index is 5.67. The molecule has 0 aromatic carbocycles. The number of hydrogen-bond donors (Lipinski definition) is 1. The molecule has 1 heterocycles. The van der Waals surface area contributed by atoms with Crippen LogP contribution >= 0.6 is 0 Å². The lowest BCUT2D eigenvalue weighted by Crippen LogP contribution is -2.39. The molecule has 1 aromatic rings. The maximum Gasteiger partial charge on any atom is 0.0466 e. The standard InChI is InChI=1S/C17H30N2/c1-8-17(9-2,12(3)4)19-15(7)13(5)14(6)16(19)10-11-18/h10-12H,8-9,18H2,1-7H3/b11-10-. The number of nitrogens with two attached hydrogens (primary N) is 1. The Morgan fingerprint density at radius 3 is 2.00 bits per heavy atom. The zero-order valence-corrected chi connectivity index (χ0v) is 13.7. The van der Waals surface area contributed by atoms with Gasteiger partial charge in [0, 0.05) is 16.9 Å². The van der Waals surface area contributed by atoms with Crippen LogP contribution in [0.15, 0.2) is 6.20 Å². The molecule has 108 valence electrons. The van der Waals surface area contributed by atoms with Crippen molar-refractivity contribution < 1.29 is 0 Å². The molecule has 0 aliphatic rings. The fourth-order valence-electron chi connectivity index (χ4n) is 3.49. The highest BCUT2D eigenvalue weighted by Gasteiger charge is 2.35. The molecule has 0 fully saturated rings. The summed E-state index contributed by atoms with van der Waals surface area (Å²) in [6.45, 7) is 15.9. The van der Waals surface area contributed by atoms with Crippen LogP contribution in [0.3, 0.4) is 0 Å². The van der Waals surface area contributed by atoms with Crippen molar-refractivity contribution in [2.24, 2.45) is 11.7 Å². The first-order valence-corrected chi connectivity index (χ1v) is 7.44. The minimum absolute atomic E-state index is 0.179. The lowest BCUT2D eigenvalue weighted by atomic mass is 9.80. The fraction of sp³-hybridized carbons (Fsp3) is 0.647. The first-order chi connectivity index (χ1) is 8.87. The molecular weight excluding hydrogens is 232 g/mol. The van der Waals surface area contributed by atoms with Crippen molar-refractivity contribution in [2.75, 3.05) is 0 Å². The van der Waals surface area contributed by atoms with Crippen LogP contribution in [0.25, 0.3) is 6.08 Å². The second-order valence-corrected chi connectivity index (χ2v) is 5.88. The van der Waals surface area contributed by atoms with Crippen LogP contribution in [0.1, 0.15) is 63.1 Å². The molecule has 2 N–H and O–H groups in total. The van der Waals surface area contributed by atoms with Gasteiger partial charge < -0.3 is 10.3 Å². The highest BCUT2D eigenvalue weighted by molar-refractivity contribution is 5.55. The summed E-state index contributed by atoms with van der Waals surface area (Å²) in [5, 5.41) is 0. The third-order valence-electron chi connectivity index (χ3n) is 5.06. The van der Waals surface area contributed by atoms with E-state index in [0.717, 1.165) is 12.8 Å². The van der Waals surface area contributed by atoms with E-state index >= 15 is 0 Å². The van der Waals surface area contributed by atoms with Crippen molar-refractivity contribution in [3.8, 4) is 0 Å². The van der Waals surface area contributed by atoms with Crippen LogP contribution < -0.4 is 5.73 Å². The number of rotatable bonds is 5. The van der Waals surface area contributed by atoms with Crippen molar-refractivity contribution in [2.45, 2.75) is 66.8 Å². The van der Waals surface area contributed by atoms with Crippen molar-refractivity contribution in [1.29, 1.82) is 0 Å². The predicted octanol–water partition coefficient (Wildman–Crippen LogP) is 4.51. The molecule has 0 amide bonds. The minimum Gasteiger partial charge on any atom is -0.405 e. The second-order valence-electron chi connectivity index (χ2n) is 5.88. The van der Waals surface area contributed by atoms with E-state index in [9.17, 15) is 0 Å². The summed E-state index contributed by atoms with van der Waals surface area (Å²) >= 11 is 0. The lowest BCUT2D eigenvalue weighted by molar-refractivity contribution is 0.172. The Bertz CT molecular complexity index is 460. The van der Waals surface area contributed by atoms with Crippen LogP contribution in [0.4, 0.5) is 0 Å². The Hall–Kier alpha value is -1.18. The van der Waals surface area contributed by atoms with Gasteiger partial charge in [0.15, 0.2) is 0 Å². The molecule has 2 heteroatoms. The molecule has 19 heavy (non-hydrogen) atoms. The van der Waals surface area contributed by atoms with Crippen molar-refractivity contribution >= 4 is 6.08 Å². The molecule has 1 aromatic heterocycles. The van der Waals surface area contributed by atoms with Gasteiger partial charge in [-0.2, -0.15) is 0 Å². The van der Waals surface area contributed by atoms with Crippen molar-refractivity contribution in [3.63, 3.8) is 0 Å². The third kappa shape index (κ3) is 2.33. The summed E-state index contributed by atoms with van der Waals surface area (Å²) in [6.07, 6.45) is 5.99. The molecule has 0 atom stereocenters. The van der Waals surface area contributed by atoms with Crippen LogP contribution in [0.2, 0.25) is 0 Å². The van der Waals surface area contributed by atoms with E-state index < -0.39 is 0 Å². The van der Waals surface area contributed by atoms with Gasteiger partial charge in [-0.3, -0.25) is 0 Å². The van der Waals surface area contributed by atoms with E-state index in [4.69, 9.17) is 5.73 Å². The molecule has 0 saturated heterocycles. The molecule has 0 unspecified atom stereocenters. The third-order valence-corrected chi connectivity index (χ3v) is 5.06. The largest absolute Gasteiger partial charge is 0.405 e. The topological polar surface area (TPSA) is 30.9 Å². The summed E-state index contributed by atoms with van der Waals surface area (Å²) < 4.78 is 2.53. The van der Waals surface area contributed by atoms with E-state index in [2.05, 4.69) is 59.1 Å². The highest BCUT2D eigenvalue weighted by Crippen LogP contribution is 2.39. The summed E-state index contributed by atoms with van der Waals surface area (Å²) in [6, 6.07) is 0. The molecule has 0 spiro atoms. The highest BCUT2D eigenvalue weighted by atomic mass is 15.1. The smallest absolute Gasteiger partial charge is 0.0466 e. The molecular formula is C17H30N2. The second kappa shape index (κ2) is 5.85. The van der Waals surface area contributed by atoms with Gasteiger partial charge in [-0.05, 0) is 62.9 Å². The Kier molecular flexibility index (Phi) is 4.89. The molecule has 0 bridgehead atoms. The van der Waals surface area contributed by atoms with Crippen molar-refractivity contribution in [1.82, 2.24) is 4.57 Å². The first kappa shape index (κ1) is 15.9. The van der Waals surface area contributed by atoms with E-state index in [1.807, 2.05) is 0 Å². The van der Waals surface area contributed by atoms with E-state index in [0.29, 0.717) is 5.92 Å². The SMILES string of the molecule is CCC(CC)(C(C)C)n1c(C)c(C)c(C)c1/C=C\N. The van der Waals surface area contributed by atoms with Crippen LogP contribution in [0.5, 0.6) is 0 Å². The van der Waals surface area contributed by atoms with Gasteiger partial charge >= 0.3 is 0 Å². The zero-order chi connectivity index (χ0) is 14.8. The molecule has 0 aliphatic carbocycles. The Morgan fingerprint density at radius 1 is 1.11 bits per heavy atom. The average Bonchev–Trinajstić information content (AvgIpc) is 2.59. The molecule has 0 aliphatic heterocycles. The zero-order valence-electron chi connectivity index (χ0n) is 13.7. The summed E-state index contributed by atoms with van der Waals surface area (Å²) in [5.74, 6) is 0.595. The summed E-state index contributed by atoms with van der Waals surface area (Å²) in [5.41, 5.74) is 11.2. The Labute approximate surface area is 118 Å². The molecule has 1 rings (SSSR count). The first-order valence-electron chi connectivity index (χ1n) is 7.44. The van der Waals surface area contributed by atoms with Crippen LogP contribution in [-0.4, -0.2) is 4.57 Å². The maximum atomic E-state index is 5.67. The summed E-state index contributed by atoms with van der Waals surface area (Å²) in [4.78, 5) is 0. The quantitative estimate of drug-likeness (QED) is 0.831. The van der Waals surface area contributed by atoms with E-state index in [-0.39, 0.29) is 5.54 Å². The molecule has 0 radical (unpaired) electrons. The number of nitrogens with zero attached hydrogens (tertiary/aromatic N) is 1. The van der Waals surface area contributed by atoms with Gasteiger partial charge in [0.05, 0.1) is 0 Å². The van der Waals surface area contributed by atoms with E-state index in [1.54, 1.807) is 6.20 Å². The van der Waals surface area contributed by atoms with Crippen LogP contribution in [0, 0.1) is 26.7 Å². The van der Waals surface area contributed by atoms with E-state index in [1.165, 1.54) is 22.5 Å². The monoisotopic (exact) mass is 262 g/mol. The minimum atomic E-state index is 0.179. The van der Waals surface area contributed by atoms with Gasteiger partial charge in [0.25, 0.3) is 0 Å². The normalized spacial score (nSPS) is 12.8. The van der Waals surface area contributed by atoms with Gasteiger partial charge in [0.2, 0.25) is 0 Å². The van der Waals surface area contributed by atoms with Gasteiger partial charge in [-0.1, -0.05) is 27.7 Å². The molecule has 2 nitrogen and oxygen atoms in total. The fourth-order valence-corrected chi connectivity index (χ4v) is 3.49. The molecule has 0 saturated carbocycles. The van der Waals surface area contributed by atoms with Crippen LogP contribution in [-0.2, 0) is 5.54 Å². The van der Waals surface area contributed by atoms with Gasteiger partial charge in [-0.25, -0.2) is 0 Å². The lowest BCUT2D eigenvalue weighted by Gasteiger charge is -2.40. The van der Waals surface area contributed by atoms with Crippen molar-refractivity contribution in [3.05, 3.63) is 28.7 Å². The average molecular weight is 262 g/mol. The number of hydrogen-bond acceptors (Lipinski definition) is 1. The van der Waals surface area contributed by atoms with Gasteiger partial charge in [0.1, 0.15) is 0 Å². The predicted molar refractivity (Wildman–Crippen MR) is 85.3 cm³/mol. The Balaban J connectivity index is 3.68.